The predicted molar refractivity (Wildman–Crippen MR) is 108 cm³/mol. The summed E-state index contributed by atoms with van der Waals surface area (Å²) in [5.41, 5.74) is 0.877. The monoisotopic (exact) mass is 380 g/mol. The normalized spacial score (nSPS) is 11.8. The van der Waals surface area contributed by atoms with E-state index in [2.05, 4.69) is 22.5 Å². The van der Waals surface area contributed by atoms with Gasteiger partial charge in [0.05, 0.1) is 0 Å². The van der Waals surface area contributed by atoms with E-state index in [0.717, 1.165) is 12.8 Å². The number of carbonyl (C=O) groups excluding carboxylic acids is 2. The highest BCUT2D eigenvalue weighted by molar-refractivity contribution is 6.03. The Kier molecular flexibility index (Phi) is 6.26. The van der Waals surface area contributed by atoms with Crippen LogP contribution in [0.5, 0.6) is 5.75 Å². The molecular formula is C21H24N4O3. The summed E-state index contributed by atoms with van der Waals surface area (Å²) in [5.74, 6) is 0.153. The summed E-state index contributed by atoms with van der Waals surface area (Å²) in [6, 6.07) is 14.5. The average molecular weight is 380 g/mol. The summed E-state index contributed by atoms with van der Waals surface area (Å²) in [7, 11) is 0. The summed E-state index contributed by atoms with van der Waals surface area (Å²) in [6.07, 6.45) is 2.86. The Labute approximate surface area is 163 Å². The molecule has 0 fully saturated rings. The van der Waals surface area contributed by atoms with Gasteiger partial charge in [0.2, 0.25) is 0 Å². The van der Waals surface area contributed by atoms with Gasteiger partial charge in [0.25, 0.3) is 11.8 Å². The van der Waals surface area contributed by atoms with Crippen molar-refractivity contribution in [2.24, 2.45) is 0 Å². The smallest absolute Gasteiger partial charge is 0.272 e. The van der Waals surface area contributed by atoms with Gasteiger partial charge in [-0.25, -0.2) is 4.98 Å². The summed E-state index contributed by atoms with van der Waals surface area (Å²) in [4.78, 5) is 29.7. The van der Waals surface area contributed by atoms with Gasteiger partial charge in [-0.2, -0.15) is 0 Å². The minimum Gasteiger partial charge on any atom is -0.481 e. The maximum atomic E-state index is 12.7. The van der Waals surface area contributed by atoms with E-state index in [4.69, 9.17) is 4.74 Å². The van der Waals surface area contributed by atoms with E-state index < -0.39 is 6.10 Å². The number of hydrogen-bond donors (Lipinski definition) is 2. The van der Waals surface area contributed by atoms with Gasteiger partial charge in [-0.15, -0.1) is 0 Å². The molecule has 1 unspecified atom stereocenters. The molecule has 0 radical (unpaired) electrons. The van der Waals surface area contributed by atoms with Crippen molar-refractivity contribution < 1.29 is 14.3 Å². The highest BCUT2D eigenvalue weighted by atomic mass is 16.5. The zero-order chi connectivity index (χ0) is 19.9. The number of aromatic nitrogens is 2. The Hall–Kier alpha value is -3.35. The Morgan fingerprint density at radius 1 is 1.14 bits per heavy atom. The van der Waals surface area contributed by atoms with Gasteiger partial charge < -0.3 is 15.4 Å². The quantitative estimate of drug-likeness (QED) is 0.588. The number of benzene rings is 1. The SMILES string of the molecule is CCCCNC(=O)c1c(NC(=O)C(C)Oc2ccccc2)nc2ccccn12. The van der Waals surface area contributed by atoms with E-state index in [-0.39, 0.29) is 17.6 Å². The largest absolute Gasteiger partial charge is 0.481 e. The first-order chi connectivity index (χ1) is 13.6. The van der Waals surface area contributed by atoms with Crippen LogP contribution in [0.25, 0.3) is 5.65 Å². The molecule has 1 aromatic carbocycles. The number of imidazole rings is 1. The van der Waals surface area contributed by atoms with Gasteiger partial charge in [0, 0.05) is 12.7 Å². The van der Waals surface area contributed by atoms with Crippen molar-refractivity contribution in [1.82, 2.24) is 14.7 Å². The van der Waals surface area contributed by atoms with Gasteiger partial charge >= 0.3 is 0 Å². The van der Waals surface area contributed by atoms with Crippen LogP contribution in [-0.2, 0) is 4.79 Å². The second-order valence-corrected chi connectivity index (χ2v) is 6.41. The molecule has 28 heavy (non-hydrogen) atoms. The predicted octanol–water partition coefficient (Wildman–Crippen LogP) is 3.27. The molecule has 2 heterocycles. The van der Waals surface area contributed by atoms with Crippen LogP contribution < -0.4 is 15.4 Å². The molecule has 2 N–H and O–H groups in total. The molecule has 0 bridgehead atoms. The summed E-state index contributed by atoms with van der Waals surface area (Å²) in [5, 5.41) is 5.61. The maximum Gasteiger partial charge on any atom is 0.272 e. The molecule has 0 spiro atoms. The fraction of sp³-hybridized carbons (Fsp3) is 0.286. The number of carbonyl (C=O) groups is 2. The number of rotatable bonds is 8. The fourth-order valence-corrected chi connectivity index (χ4v) is 2.74. The Morgan fingerprint density at radius 2 is 1.89 bits per heavy atom. The van der Waals surface area contributed by atoms with Crippen LogP contribution in [0.15, 0.2) is 54.7 Å². The lowest BCUT2D eigenvalue weighted by Crippen LogP contribution is -2.32. The molecule has 2 aromatic heterocycles. The first-order valence-corrected chi connectivity index (χ1v) is 9.38. The number of anilines is 1. The van der Waals surface area contributed by atoms with Crippen LogP contribution in [0.2, 0.25) is 0 Å². The highest BCUT2D eigenvalue weighted by Crippen LogP contribution is 2.19. The number of nitrogens with zero attached hydrogens (tertiary/aromatic N) is 2. The number of hydrogen-bond acceptors (Lipinski definition) is 4. The number of pyridine rings is 1. The molecule has 0 aliphatic rings. The first kappa shape index (κ1) is 19.4. The van der Waals surface area contributed by atoms with E-state index in [1.165, 1.54) is 0 Å². The Bertz CT molecular complexity index is 953. The van der Waals surface area contributed by atoms with Gasteiger partial charge in [-0.1, -0.05) is 37.6 Å². The van der Waals surface area contributed by atoms with Gasteiger partial charge in [0.15, 0.2) is 17.6 Å². The minimum atomic E-state index is -0.747. The third-order valence-electron chi connectivity index (χ3n) is 4.23. The molecule has 0 saturated heterocycles. The Morgan fingerprint density at radius 3 is 2.64 bits per heavy atom. The summed E-state index contributed by atoms with van der Waals surface area (Å²) in [6.45, 7) is 4.27. The van der Waals surface area contributed by atoms with Crippen molar-refractivity contribution in [3.8, 4) is 5.75 Å². The number of fused-ring (bicyclic) bond motifs is 1. The molecular weight excluding hydrogens is 356 g/mol. The molecule has 3 rings (SSSR count). The molecule has 1 atom stereocenters. The van der Waals surface area contributed by atoms with E-state index in [0.29, 0.717) is 23.6 Å². The minimum absolute atomic E-state index is 0.216. The van der Waals surface area contributed by atoms with Crippen molar-refractivity contribution in [1.29, 1.82) is 0 Å². The fourth-order valence-electron chi connectivity index (χ4n) is 2.74. The highest BCUT2D eigenvalue weighted by Gasteiger charge is 2.23. The summed E-state index contributed by atoms with van der Waals surface area (Å²) >= 11 is 0. The zero-order valence-corrected chi connectivity index (χ0v) is 16.0. The topological polar surface area (TPSA) is 84.7 Å². The van der Waals surface area contributed by atoms with Crippen molar-refractivity contribution in [3.63, 3.8) is 0 Å². The standard InChI is InChI=1S/C21H24N4O3/c1-3-4-13-22-21(27)18-19(23-17-12-8-9-14-25(17)18)24-20(26)15(2)28-16-10-6-5-7-11-16/h5-12,14-15H,3-4,13H2,1-2H3,(H,22,27)(H,24,26). The molecule has 7 heteroatoms. The second-order valence-electron chi connectivity index (χ2n) is 6.41. The van der Waals surface area contributed by atoms with E-state index in [1.807, 2.05) is 30.3 Å². The molecule has 3 aromatic rings. The lowest BCUT2D eigenvalue weighted by molar-refractivity contribution is -0.122. The number of unbranched alkanes of at least 4 members (excludes halogenated alkanes) is 1. The second kappa shape index (κ2) is 9.03. The van der Waals surface area contributed by atoms with Crippen LogP contribution in [0, 0.1) is 0 Å². The summed E-state index contributed by atoms with van der Waals surface area (Å²) < 4.78 is 7.32. The number of amides is 2. The van der Waals surface area contributed by atoms with Gasteiger partial charge in [0.1, 0.15) is 11.4 Å². The Balaban J connectivity index is 1.80. The molecule has 0 aliphatic heterocycles. The number of ether oxygens (including phenoxy) is 1. The maximum absolute atomic E-state index is 12.7. The van der Waals surface area contributed by atoms with Crippen LogP contribution in [-0.4, -0.2) is 33.8 Å². The lowest BCUT2D eigenvalue weighted by Gasteiger charge is -2.14. The van der Waals surface area contributed by atoms with Gasteiger partial charge in [-0.05, 0) is 37.6 Å². The van der Waals surface area contributed by atoms with Crippen molar-refractivity contribution in [3.05, 3.63) is 60.4 Å². The number of nitrogens with one attached hydrogen (secondary N) is 2. The van der Waals surface area contributed by atoms with Crippen molar-refractivity contribution in [2.75, 3.05) is 11.9 Å². The van der Waals surface area contributed by atoms with Crippen LogP contribution in [0.3, 0.4) is 0 Å². The van der Waals surface area contributed by atoms with Crippen LogP contribution in [0.4, 0.5) is 5.82 Å². The molecule has 2 amide bonds. The van der Waals surface area contributed by atoms with Crippen molar-refractivity contribution >= 4 is 23.3 Å². The van der Waals surface area contributed by atoms with E-state index >= 15 is 0 Å². The number of para-hydroxylation sites is 1. The third-order valence-corrected chi connectivity index (χ3v) is 4.23. The van der Waals surface area contributed by atoms with Crippen LogP contribution in [0.1, 0.15) is 37.2 Å². The molecule has 0 saturated carbocycles. The van der Waals surface area contributed by atoms with Crippen molar-refractivity contribution in [2.45, 2.75) is 32.8 Å². The first-order valence-electron chi connectivity index (χ1n) is 9.38. The van der Waals surface area contributed by atoms with E-state index in [9.17, 15) is 9.59 Å². The lowest BCUT2D eigenvalue weighted by atomic mass is 10.3. The molecule has 146 valence electrons. The van der Waals surface area contributed by atoms with Gasteiger partial charge in [-0.3, -0.25) is 14.0 Å². The molecule has 7 nitrogen and oxygen atoms in total. The average Bonchev–Trinajstić information content (AvgIpc) is 3.06. The zero-order valence-electron chi connectivity index (χ0n) is 16.0. The third kappa shape index (κ3) is 4.49. The molecule has 0 aliphatic carbocycles. The van der Waals surface area contributed by atoms with Crippen LogP contribution >= 0.6 is 0 Å². The van der Waals surface area contributed by atoms with E-state index in [1.54, 1.807) is 35.7 Å².